The fraction of sp³-hybridized carbons (Fsp3) is 0.467. The number of rotatable bonds is 5. The fourth-order valence-electron chi connectivity index (χ4n) is 2.54. The molecule has 1 amide bonds. The van der Waals surface area contributed by atoms with E-state index in [0.717, 1.165) is 0 Å². The molecule has 2 N–H and O–H groups in total. The lowest BCUT2D eigenvalue weighted by molar-refractivity contribution is -0.141. The number of carbonyl (C=O) groups excluding carboxylic acids is 1. The molecule has 2 rings (SSSR count). The first-order valence-electron chi connectivity index (χ1n) is 6.97. The van der Waals surface area contributed by atoms with Gasteiger partial charge in [0.1, 0.15) is 0 Å². The second-order valence-electron chi connectivity index (χ2n) is 5.11. The van der Waals surface area contributed by atoms with Gasteiger partial charge in [-0.15, -0.1) is 0 Å². The van der Waals surface area contributed by atoms with E-state index in [1.54, 1.807) is 13.0 Å². The van der Waals surface area contributed by atoms with Crippen LogP contribution >= 0.6 is 0 Å². The molecule has 6 heteroatoms. The Hall–Kier alpha value is -2.11. The van der Waals surface area contributed by atoms with E-state index in [9.17, 15) is 14.0 Å². The van der Waals surface area contributed by atoms with Crippen LogP contribution in [0.4, 0.5) is 10.1 Å². The monoisotopic (exact) mass is 295 g/mol. The molecule has 2 atom stereocenters. The molecule has 1 fully saturated rings. The number of anilines is 1. The van der Waals surface area contributed by atoms with Crippen LogP contribution in [0, 0.1) is 17.7 Å². The Morgan fingerprint density at radius 3 is 2.67 bits per heavy atom. The van der Waals surface area contributed by atoms with Gasteiger partial charge in [0.15, 0.2) is 11.6 Å². The van der Waals surface area contributed by atoms with Gasteiger partial charge in [0.25, 0.3) is 0 Å². The largest absolute Gasteiger partial charge is 0.491 e. The zero-order valence-corrected chi connectivity index (χ0v) is 11.8. The fourth-order valence-corrected chi connectivity index (χ4v) is 2.54. The summed E-state index contributed by atoms with van der Waals surface area (Å²) in [6, 6.07) is 4.23. The second kappa shape index (κ2) is 6.56. The van der Waals surface area contributed by atoms with Crippen molar-refractivity contribution in [1.82, 2.24) is 0 Å². The highest BCUT2D eigenvalue weighted by atomic mass is 19.1. The second-order valence-corrected chi connectivity index (χ2v) is 5.11. The van der Waals surface area contributed by atoms with E-state index in [2.05, 4.69) is 5.32 Å². The molecule has 114 valence electrons. The summed E-state index contributed by atoms with van der Waals surface area (Å²) in [5.74, 6) is -2.31. The number of carboxylic acids is 1. The van der Waals surface area contributed by atoms with Crippen molar-refractivity contribution in [1.29, 1.82) is 0 Å². The van der Waals surface area contributed by atoms with Crippen molar-refractivity contribution >= 4 is 17.6 Å². The van der Waals surface area contributed by atoms with Crippen molar-refractivity contribution in [3.63, 3.8) is 0 Å². The predicted octanol–water partition coefficient (Wildman–Crippen LogP) is 2.66. The van der Waals surface area contributed by atoms with Crippen molar-refractivity contribution in [3.8, 4) is 5.75 Å². The van der Waals surface area contributed by atoms with Crippen LogP contribution in [0.2, 0.25) is 0 Å². The summed E-state index contributed by atoms with van der Waals surface area (Å²) in [5.41, 5.74) is 0.347. The highest BCUT2D eigenvalue weighted by Gasteiger charge is 2.33. The van der Waals surface area contributed by atoms with Crippen molar-refractivity contribution < 1.29 is 23.8 Å². The van der Waals surface area contributed by atoms with Crippen molar-refractivity contribution in [2.45, 2.75) is 26.2 Å². The zero-order chi connectivity index (χ0) is 15.4. The highest BCUT2D eigenvalue weighted by Crippen LogP contribution is 2.32. The van der Waals surface area contributed by atoms with E-state index in [-0.39, 0.29) is 17.6 Å². The van der Waals surface area contributed by atoms with Crippen LogP contribution in [0.5, 0.6) is 5.75 Å². The first-order chi connectivity index (χ1) is 10.0. The summed E-state index contributed by atoms with van der Waals surface area (Å²) in [7, 11) is 0. The summed E-state index contributed by atoms with van der Waals surface area (Å²) >= 11 is 0. The molecule has 0 saturated heterocycles. The van der Waals surface area contributed by atoms with Gasteiger partial charge in [-0.3, -0.25) is 9.59 Å². The van der Waals surface area contributed by atoms with Gasteiger partial charge in [0.2, 0.25) is 5.91 Å². The first kappa shape index (κ1) is 15.3. The van der Waals surface area contributed by atoms with E-state index in [0.29, 0.717) is 31.6 Å². The molecule has 0 radical (unpaired) electrons. The van der Waals surface area contributed by atoms with Gasteiger partial charge in [0.05, 0.1) is 12.5 Å². The Morgan fingerprint density at radius 1 is 1.38 bits per heavy atom. The Morgan fingerprint density at radius 2 is 2.10 bits per heavy atom. The van der Waals surface area contributed by atoms with Crippen LogP contribution in [0.3, 0.4) is 0 Å². The first-order valence-corrected chi connectivity index (χ1v) is 6.97. The maximum Gasteiger partial charge on any atom is 0.306 e. The molecule has 0 aliphatic heterocycles. The van der Waals surface area contributed by atoms with E-state index in [4.69, 9.17) is 9.84 Å². The third-order valence-electron chi connectivity index (χ3n) is 3.65. The summed E-state index contributed by atoms with van der Waals surface area (Å²) in [5, 5.41) is 11.6. The molecule has 0 aromatic heterocycles. The molecule has 21 heavy (non-hydrogen) atoms. The van der Waals surface area contributed by atoms with Gasteiger partial charge in [-0.05, 0) is 38.3 Å². The molecular weight excluding hydrogens is 277 g/mol. The molecular formula is C15H18FNO4. The number of hydrogen-bond donors (Lipinski definition) is 2. The predicted molar refractivity (Wildman–Crippen MR) is 74.7 cm³/mol. The zero-order valence-electron chi connectivity index (χ0n) is 11.8. The molecule has 1 aromatic rings. The molecule has 1 aromatic carbocycles. The standard InChI is InChI=1S/C15H18FNO4/c1-2-21-13-6-5-11(8-12(13)16)17-14(18)9-3-4-10(7-9)15(19)20/h5-6,8-10H,2-4,7H2,1H3,(H,17,18)(H,19,20). The minimum atomic E-state index is -0.864. The molecule has 0 bridgehead atoms. The number of benzene rings is 1. The van der Waals surface area contributed by atoms with Crippen LogP contribution in [0.25, 0.3) is 0 Å². The maximum absolute atomic E-state index is 13.7. The van der Waals surface area contributed by atoms with Gasteiger partial charge in [-0.1, -0.05) is 0 Å². The number of amides is 1. The van der Waals surface area contributed by atoms with Gasteiger partial charge in [0, 0.05) is 17.7 Å². The van der Waals surface area contributed by atoms with Gasteiger partial charge in [-0.2, -0.15) is 0 Å². The Balaban J connectivity index is 1.97. The van der Waals surface area contributed by atoms with Crippen LogP contribution in [0.1, 0.15) is 26.2 Å². The van der Waals surface area contributed by atoms with Gasteiger partial charge >= 0.3 is 5.97 Å². The normalized spacial score (nSPS) is 21.0. The van der Waals surface area contributed by atoms with Crippen molar-refractivity contribution in [2.75, 3.05) is 11.9 Å². The Bertz CT molecular complexity index is 546. The lowest BCUT2D eigenvalue weighted by Crippen LogP contribution is -2.21. The van der Waals surface area contributed by atoms with Crippen LogP contribution in [0.15, 0.2) is 18.2 Å². The van der Waals surface area contributed by atoms with E-state index in [1.807, 2.05) is 0 Å². The van der Waals surface area contributed by atoms with E-state index in [1.165, 1.54) is 12.1 Å². The average molecular weight is 295 g/mol. The van der Waals surface area contributed by atoms with Crippen molar-refractivity contribution in [2.24, 2.45) is 11.8 Å². The molecule has 1 aliphatic rings. The number of aliphatic carboxylic acids is 1. The van der Waals surface area contributed by atoms with Gasteiger partial charge < -0.3 is 15.2 Å². The lowest BCUT2D eigenvalue weighted by Gasteiger charge is -2.12. The minimum absolute atomic E-state index is 0.141. The number of ether oxygens (including phenoxy) is 1. The number of halogens is 1. The van der Waals surface area contributed by atoms with Crippen LogP contribution < -0.4 is 10.1 Å². The molecule has 2 unspecified atom stereocenters. The van der Waals surface area contributed by atoms with Crippen molar-refractivity contribution in [3.05, 3.63) is 24.0 Å². The van der Waals surface area contributed by atoms with Crippen LogP contribution in [-0.4, -0.2) is 23.6 Å². The molecule has 0 spiro atoms. The molecule has 0 heterocycles. The Kier molecular flexibility index (Phi) is 4.77. The Labute approximate surface area is 122 Å². The molecule has 1 aliphatic carbocycles. The summed E-state index contributed by atoms with van der Waals surface area (Å²) in [6.07, 6.45) is 1.38. The summed E-state index contributed by atoms with van der Waals surface area (Å²) in [6.45, 7) is 2.12. The van der Waals surface area contributed by atoms with E-state index < -0.39 is 17.7 Å². The number of carboxylic acid groups (broad SMARTS) is 1. The smallest absolute Gasteiger partial charge is 0.306 e. The third kappa shape index (κ3) is 3.71. The van der Waals surface area contributed by atoms with Gasteiger partial charge in [-0.25, -0.2) is 4.39 Å². The highest BCUT2D eigenvalue weighted by molar-refractivity contribution is 5.93. The maximum atomic E-state index is 13.7. The topological polar surface area (TPSA) is 75.6 Å². The van der Waals surface area contributed by atoms with E-state index >= 15 is 0 Å². The minimum Gasteiger partial charge on any atom is -0.491 e. The quantitative estimate of drug-likeness (QED) is 0.875. The summed E-state index contributed by atoms with van der Waals surface area (Å²) in [4.78, 5) is 22.9. The summed E-state index contributed by atoms with van der Waals surface area (Å²) < 4.78 is 18.8. The third-order valence-corrected chi connectivity index (χ3v) is 3.65. The van der Waals surface area contributed by atoms with Crippen LogP contribution in [-0.2, 0) is 9.59 Å². The molecule has 1 saturated carbocycles. The average Bonchev–Trinajstić information content (AvgIpc) is 2.92. The number of hydrogen-bond acceptors (Lipinski definition) is 3. The SMILES string of the molecule is CCOc1ccc(NC(=O)C2CCC(C(=O)O)C2)cc1F. The number of carbonyl (C=O) groups is 2. The number of nitrogens with one attached hydrogen (secondary N) is 1. The molecule has 5 nitrogen and oxygen atoms in total. The lowest BCUT2D eigenvalue weighted by atomic mass is 10.0.